The molecule has 0 spiro atoms. The lowest BCUT2D eigenvalue weighted by Gasteiger charge is -2.11. The summed E-state index contributed by atoms with van der Waals surface area (Å²) in [6, 6.07) is 1.67. The Morgan fingerprint density at radius 2 is 2.14 bits per heavy atom. The van der Waals surface area contributed by atoms with Gasteiger partial charge in [0, 0.05) is 6.20 Å². The van der Waals surface area contributed by atoms with Crippen molar-refractivity contribution in [2.75, 3.05) is 5.32 Å². The van der Waals surface area contributed by atoms with E-state index in [0.717, 1.165) is 6.20 Å². The predicted molar refractivity (Wildman–Crippen MR) is 71.6 cm³/mol. The van der Waals surface area contributed by atoms with Gasteiger partial charge in [-0.2, -0.15) is 18.3 Å². The van der Waals surface area contributed by atoms with Gasteiger partial charge in [-0.1, -0.05) is 0 Å². The first-order valence-corrected chi connectivity index (χ1v) is 6.47. The molecule has 0 aliphatic carbocycles. The summed E-state index contributed by atoms with van der Waals surface area (Å²) >= 11 is 2.98. The molecule has 0 atom stereocenters. The van der Waals surface area contributed by atoms with Crippen LogP contribution in [0.2, 0.25) is 0 Å². The van der Waals surface area contributed by atoms with Gasteiger partial charge in [0.25, 0.3) is 5.56 Å². The minimum Gasteiger partial charge on any atom is -0.377 e. The van der Waals surface area contributed by atoms with Gasteiger partial charge in [-0.25, -0.2) is 14.6 Å². The van der Waals surface area contributed by atoms with Crippen molar-refractivity contribution in [3.8, 4) is 0 Å². The van der Waals surface area contributed by atoms with Crippen LogP contribution in [0.3, 0.4) is 0 Å². The molecular formula is C11H9BrF3N5O. The Bertz CT molecular complexity index is 674. The third-order valence-corrected chi connectivity index (χ3v) is 3.18. The van der Waals surface area contributed by atoms with Crippen LogP contribution in [-0.4, -0.2) is 25.9 Å². The summed E-state index contributed by atoms with van der Waals surface area (Å²) in [5.41, 5.74) is 0.0911. The minimum absolute atomic E-state index is 0.0178. The topological polar surface area (TPSA) is 72.7 Å². The number of nitrogens with zero attached hydrogens (tertiary/aromatic N) is 4. The molecular weight excluding hydrogens is 355 g/mol. The van der Waals surface area contributed by atoms with Crippen LogP contribution in [0.4, 0.5) is 18.9 Å². The summed E-state index contributed by atoms with van der Waals surface area (Å²) < 4.78 is 37.2. The fraction of sp³-hybridized carbons (Fsp3) is 0.273. The lowest BCUT2D eigenvalue weighted by Crippen LogP contribution is -2.31. The van der Waals surface area contributed by atoms with Crippen LogP contribution in [0.5, 0.6) is 0 Å². The maximum absolute atomic E-state index is 12.3. The molecule has 0 aromatic carbocycles. The van der Waals surface area contributed by atoms with E-state index in [9.17, 15) is 18.0 Å². The van der Waals surface area contributed by atoms with Crippen LogP contribution in [0.15, 0.2) is 34.1 Å². The highest BCUT2D eigenvalue weighted by atomic mass is 79.9. The van der Waals surface area contributed by atoms with Gasteiger partial charge in [0.2, 0.25) is 0 Å². The van der Waals surface area contributed by atoms with Crippen molar-refractivity contribution in [2.45, 2.75) is 19.3 Å². The number of halogens is 4. The summed E-state index contributed by atoms with van der Waals surface area (Å²) in [5, 5.41) is 6.36. The molecule has 21 heavy (non-hydrogen) atoms. The first-order valence-electron chi connectivity index (χ1n) is 5.68. The van der Waals surface area contributed by atoms with E-state index in [-0.39, 0.29) is 16.7 Å². The van der Waals surface area contributed by atoms with Gasteiger partial charge in [-0.3, -0.25) is 4.79 Å². The monoisotopic (exact) mass is 363 g/mol. The van der Waals surface area contributed by atoms with E-state index in [4.69, 9.17) is 0 Å². The highest BCUT2D eigenvalue weighted by Crippen LogP contribution is 2.19. The Kier molecular flexibility index (Phi) is 4.56. The average molecular weight is 364 g/mol. The number of alkyl halides is 3. The van der Waals surface area contributed by atoms with Crippen LogP contribution < -0.4 is 10.9 Å². The summed E-state index contributed by atoms with van der Waals surface area (Å²) in [6.07, 6.45) is -0.436. The van der Waals surface area contributed by atoms with Crippen molar-refractivity contribution in [1.29, 1.82) is 0 Å². The van der Waals surface area contributed by atoms with Gasteiger partial charge < -0.3 is 5.32 Å². The molecule has 2 aromatic rings. The number of aromatic nitrogens is 4. The average Bonchev–Trinajstić information content (AvgIpc) is 2.43. The number of rotatable bonds is 4. The quantitative estimate of drug-likeness (QED) is 0.898. The Hall–Kier alpha value is -1.97. The van der Waals surface area contributed by atoms with E-state index in [2.05, 4.69) is 36.3 Å². The fourth-order valence-corrected chi connectivity index (χ4v) is 1.93. The molecule has 0 radical (unpaired) electrons. The molecule has 2 aromatic heterocycles. The van der Waals surface area contributed by atoms with Crippen molar-refractivity contribution < 1.29 is 13.2 Å². The second kappa shape index (κ2) is 6.20. The molecule has 0 unspecified atom stereocenters. The number of hydrogen-bond acceptors (Lipinski definition) is 5. The van der Waals surface area contributed by atoms with E-state index in [1.165, 1.54) is 6.33 Å². The third kappa shape index (κ3) is 4.25. The molecule has 0 aliphatic heterocycles. The minimum atomic E-state index is -4.51. The molecule has 1 N–H and O–H groups in total. The second-order valence-corrected chi connectivity index (χ2v) is 4.80. The molecule has 0 aliphatic rings. The van der Waals surface area contributed by atoms with Crippen molar-refractivity contribution >= 4 is 21.6 Å². The molecule has 112 valence electrons. The standard InChI is InChI=1S/C11H9BrF3N5O/c12-9-8(17-3-7-1-2-16-6-18-7)4-19-20(10(9)21)5-11(13,14)15/h1-2,4,6,17H,3,5H2. The highest BCUT2D eigenvalue weighted by Gasteiger charge is 2.29. The van der Waals surface area contributed by atoms with Crippen LogP contribution in [0.1, 0.15) is 5.69 Å². The Morgan fingerprint density at radius 3 is 2.76 bits per heavy atom. The Labute approximate surface area is 125 Å². The normalized spacial score (nSPS) is 11.4. The Morgan fingerprint density at radius 1 is 1.38 bits per heavy atom. The molecule has 0 saturated heterocycles. The van der Waals surface area contributed by atoms with E-state index in [1.54, 1.807) is 12.3 Å². The highest BCUT2D eigenvalue weighted by molar-refractivity contribution is 9.10. The predicted octanol–water partition coefficient (Wildman–Crippen LogP) is 1.97. The van der Waals surface area contributed by atoms with Gasteiger partial charge in [0.05, 0.1) is 24.1 Å². The van der Waals surface area contributed by atoms with Crippen LogP contribution >= 0.6 is 15.9 Å². The zero-order chi connectivity index (χ0) is 15.5. The zero-order valence-electron chi connectivity index (χ0n) is 10.4. The van der Waals surface area contributed by atoms with E-state index < -0.39 is 18.3 Å². The summed E-state index contributed by atoms with van der Waals surface area (Å²) in [5.74, 6) is 0. The van der Waals surface area contributed by atoms with Gasteiger partial charge in [0.15, 0.2) is 0 Å². The van der Waals surface area contributed by atoms with Crippen molar-refractivity contribution in [1.82, 2.24) is 19.7 Å². The molecule has 10 heteroatoms. The van der Waals surface area contributed by atoms with Crippen LogP contribution in [0, 0.1) is 0 Å². The Balaban J connectivity index is 2.15. The maximum atomic E-state index is 12.3. The third-order valence-electron chi connectivity index (χ3n) is 2.42. The van der Waals surface area contributed by atoms with Crippen molar-refractivity contribution in [3.05, 3.63) is 45.3 Å². The van der Waals surface area contributed by atoms with Gasteiger partial charge in [0.1, 0.15) is 17.3 Å². The lowest BCUT2D eigenvalue weighted by molar-refractivity contribution is -0.143. The molecule has 0 saturated carbocycles. The summed E-state index contributed by atoms with van der Waals surface area (Å²) in [7, 11) is 0. The SMILES string of the molecule is O=c1c(Br)c(NCc2ccncn2)cnn1CC(F)(F)F. The summed E-state index contributed by atoms with van der Waals surface area (Å²) in [4.78, 5) is 19.5. The molecule has 0 bridgehead atoms. The fourth-order valence-electron chi connectivity index (χ4n) is 1.48. The molecule has 0 amide bonds. The van der Waals surface area contributed by atoms with Crippen LogP contribution in [-0.2, 0) is 13.1 Å². The van der Waals surface area contributed by atoms with E-state index in [1.807, 2.05) is 0 Å². The first kappa shape index (κ1) is 15.4. The maximum Gasteiger partial charge on any atom is 0.408 e. The van der Waals surface area contributed by atoms with Gasteiger partial charge in [-0.15, -0.1) is 0 Å². The van der Waals surface area contributed by atoms with Gasteiger partial charge in [-0.05, 0) is 22.0 Å². The molecule has 0 fully saturated rings. The van der Waals surface area contributed by atoms with E-state index in [0.29, 0.717) is 10.4 Å². The number of anilines is 1. The second-order valence-electron chi connectivity index (χ2n) is 4.00. The van der Waals surface area contributed by atoms with Crippen molar-refractivity contribution in [3.63, 3.8) is 0 Å². The molecule has 2 heterocycles. The first-order chi connectivity index (χ1) is 9.87. The van der Waals surface area contributed by atoms with Gasteiger partial charge >= 0.3 is 6.18 Å². The lowest BCUT2D eigenvalue weighted by atomic mass is 10.4. The zero-order valence-corrected chi connectivity index (χ0v) is 12.0. The summed E-state index contributed by atoms with van der Waals surface area (Å²) in [6.45, 7) is -1.15. The largest absolute Gasteiger partial charge is 0.408 e. The van der Waals surface area contributed by atoms with E-state index >= 15 is 0 Å². The molecule has 2 rings (SSSR count). The number of nitrogens with one attached hydrogen (secondary N) is 1. The smallest absolute Gasteiger partial charge is 0.377 e. The van der Waals surface area contributed by atoms with Crippen molar-refractivity contribution in [2.24, 2.45) is 0 Å². The van der Waals surface area contributed by atoms with Crippen LogP contribution in [0.25, 0.3) is 0 Å². The number of hydrogen-bond donors (Lipinski definition) is 1. The molecule has 6 nitrogen and oxygen atoms in total.